The molecule has 1 amide bonds. The third-order valence-electron chi connectivity index (χ3n) is 4.77. The van der Waals surface area contributed by atoms with Crippen LogP contribution in [0.4, 0.5) is 0 Å². The van der Waals surface area contributed by atoms with Crippen LogP contribution in [0.5, 0.6) is 0 Å². The third-order valence-corrected chi connectivity index (χ3v) is 5.65. The number of fused-ring (bicyclic) bond motifs is 1. The van der Waals surface area contributed by atoms with Crippen molar-refractivity contribution in [2.45, 2.75) is 38.3 Å². The zero-order valence-electron chi connectivity index (χ0n) is 13.9. The number of carbonyl (C=O) groups excluding carboxylic acids is 1. The van der Waals surface area contributed by atoms with E-state index in [2.05, 4.69) is 15.0 Å². The molecule has 4 rings (SSSR count). The second kappa shape index (κ2) is 6.64. The van der Waals surface area contributed by atoms with Gasteiger partial charge in [-0.3, -0.25) is 4.79 Å². The third kappa shape index (κ3) is 3.23. The van der Waals surface area contributed by atoms with Crippen LogP contribution >= 0.6 is 11.3 Å². The molecule has 3 heterocycles. The van der Waals surface area contributed by atoms with Crippen LogP contribution in [0.15, 0.2) is 17.5 Å². The Balaban J connectivity index is 1.53. The topological polar surface area (TPSA) is 60.2 Å². The molecule has 0 aromatic carbocycles. The van der Waals surface area contributed by atoms with E-state index in [0.717, 1.165) is 23.0 Å². The number of methoxy groups -OCH3 is 1. The van der Waals surface area contributed by atoms with Crippen LogP contribution in [0.3, 0.4) is 0 Å². The predicted molar refractivity (Wildman–Crippen MR) is 90.8 cm³/mol. The summed E-state index contributed by atoms with van der Waals surface area (Å²) in [7, 11) is 1.71. The van der Waals surface area contributed by atoms with E-state index in [1.54, 1.807) is 18.4 Å². The summed E-state index contributed by atoms with van der Waals surface area (Å²) in [6.07, 6.45) is 3.03. The van der Waals surface area contributed by atoms with Gasteiger partial charge in [-0.15, -0.1) is 16.4 Å². The van der Waals surface area contributed by atoms with Gasteiger partial charge in [-0.1, -0.05) is 11.3 Å². The second-order valence-corrected chi connectivity index (χ2v) is 7.76. The van der Waals surface area contributed by atoms with Crippen LogP contribution in [0.2, 0.25) is 0 Å². The summed E-state index contributed by atoms with van der Waals surface area (Å²) in [5.74, 6) is 1.05. The number of carbonyl (C=O) groups is 1. The standard InChI is InChI=1S/C17H22N4O2S/c1-23-11-13-9-20(16(22)7-14-3-2-6-24-14)10-15-17(13)21(19-18-15)8-12-4-5-12/h2-3,6,12-13H,4-5,7-11H2,1H3/t13-/m0/s1. The van der Waals surface area contributed by atoms with Gasteiger partial charge in [0.05, 0.1) is 25.3 Å². The Morgan fingerprint density at radius 1 is 1.46 bits per heavy atom. The lowest BCUT2D eigenvalue weighted by Crippen LogP contribution is -2.41. The van der Waals surface area contributed by atoms with Gasteiger partial charge in [-0.05, 0) is 30.2 Å². The highest BCUT2D eigenvalue weighted by molar-refractivity contribution is 7.10. The predicted octanol–water partition coefficient (Wildman–Crippen LogP) is 2.06. The number of thiophene rings is 1. The summed E-state index contributed by atoms with van der Waals surface area (Å²) in [5.41, 5.74) is 2.10. The number of rotatable bonds is 6. The lowest BCUT2D eigenvalue weighted by Gasteiger charge is -2.32. The fourth-order valence-electron chi connectivity index (χ4n) is 3.39. The van der Waals surface area contributed by atoms with Gasteiger partial charge in [0, 0.05) is 31.0 Å². The number of nitrogens with zero attached hydrogens (tertiary/aromatic N) is 4. The smallest absolute Gasteiger partial charge is 0.228 e. The maximum absolute atomic E-state index is 12.7. The molecule has 2 aromatic heterocycles. The molecule has 1 saturated carbocycles. The monoisotopic (exact) mass is 346 g/mol. The van der Waals surface area contributed by atoms with Crippen molar-refractivity contribution in [3.05, 3.63) is 33.8 Å². The Hall–Kier alpha value is -1.73. The molecule has 0 N–H and O–H groups in total. The summed E-state index contributed by atoms with van der Waals surface area (Å²) < 4.78 is 7.47. The fourth-order valence-corrected chi connectivity index (χ4v) is 4.09. The van der Waals surface area contributed by atoms with Crippen molar-refractivity contribution >= 4 is 17.2 Å². The Morgan fingerprint density at radius 3 is 3.04 bits per heavy atom. The maximum atomic E-state index is 12.7. The molecule has 0 bridgehead atoms. The number of hydrogen-bond acceptors (Lipinski definition) is 5. The Bertz CT molecular complexity index is 708. The normalized spacial score (nSPS) is 20.2. The molecule has 1 fully saturated rings. The van der Waals surface area contributed by atoms with Crippen molar-refractivity contribution in [3.63, 3.8) is 0 Å². The van der Waals surface area contributed by atoms with Gasteiger partial charge in [0.2, 0.25) is 5.91 Å². The van der Waals surface area contributed by atoms with Gasteiger partial charge in [0.25, 0.3) is 0 Å². The van der Waals surface area contributed by atoms with Crippen LogP contribution in [-0.2, 0) is 29.0 Å². The zero-order valence-corrected chi connectivity index (χ0v) is 14.7. The van der Waals surface area contributed by atoms with E-state index in [0.29, 0.717) is 26.1 Å². The average molecular weight is 346 g/mol. The first-order chi connectivity index (χ1) is 11.7. The minimum Gasteiger partial charge on any atom is -0.384 e. The Kier molecular flexibility index (Phi) is 4.37. The molecule has 1 aliphatic carbocycles. The summed E-state index contributed by atoms with van der Waals surface area (Å²) >= 11 is 1.63. The van der Waals surface area contributed by atoms with Crippen LogP contribution in [-0.4, -0.2) is 46.1 Å². The van der Waals surface area contributed by atoms with Gasteiger partial charge in [-0.25, -0.2) is 4.68 Å². The molecule has 0 spiro atoms. The highest BCUT2D eigenvalue weighted by Gasteiger charge is 2.34. The highest BCUT2D eigenvalue weighted by atomic mass is 32.1. The molecule has 0 saturated heterocycles. The minimum atomic E-state index is 0.153. The molecule has 1 atom stereocenters. The lowest BCUT2D eigenvalue weighted by atomic mass is 9.98. The minimum absolute atomic E-state index is 0.153. The molecule has 128 valence electrons. The SMILES string of the molecule is COC[C@@H]1CN(C(=O)Cc2cccs2)Cc2nnn(CC3CC3)c21. The molecule has 0 unspecified atom stereocenters. The first kappa shape index (κ1) is 15.8. The van der Waals surface area contributed by atoms with Crippen LogP contribution in [0, 0.1) is 5.92 Å². The van der Waals surface area contributed by atoms with E-state index in [1.807, 2.05) is 22.4 Å². The first-order valence-electron chi connectivity index (χ1n) is 8.46. The summed E-state index contributed by atoms with van der Waals surface area (Å²) in [5, 5.41) is 10.7. The van der Waals surface area contributed by atoms with E-state index >= 15 is 0 Å². The van der Waals surface area contributed by atoms with E-state index < -0.39 is 0 Å². The molecule has 1 aliphatic heterocycles. The number of hydrogen-bond donors (Lipinski definition) is 0. The maximum Gasteiger partial charge on any atom is 0.228 e. The fraction of sp³-hybridized carbons (Fsp3) is 0.588. The van der Waals surface area contributed by atoms with Crippen molar-refractivity contribution in [1.29, 1.82) is 0 Å². The van der Waals surface area contributed by atoms with Crippen molar-refractivity contribution in [2.75, 3.05) is 20.3 Å². The van der Waals surface area contributed by atoms with Crippen molar-refractivity contribution < 1.29 is 9.53 Å². The van der Waals surface area contributed by atoms with Gasteiger partial charge in [0.15, 0.2) is 0 Å². The summed E-state index contributed by atoms with van der Waals surface area (Å²) in [6, 6.07) is 4.00. The average Bonchev–Trinajstić information content (AvgIpc) is 3.06. The summed E-state index contributed by atoms with van der Waals surface area (Å²) in [6.45, 7) is 2.78. The second-order valence-electron chi connectivity index (χ2n) is 6.73. The van der Waals surface area contributed by atoms with E-state index in [-0.39, 0.29) is 11.8 Å². The van der Waals surface area contributed by atoms with Gasteiger partial charge >= 0.3 is 0 Å². The van der Waals surface area contributed by atoms with Crippen LogP contribution in [0.1, 0.15) is 35.0 Å². The highest BCUT2D eigenvalue weighted by Crippen LogP contribution is 2.34. The van der Waals surface area contributed by atoms with Crippen LogP contribution in [0.25, 0.3) is 0 Å². The van der Waals surface area contributed by atoms with Gasteiger partial charge < -0.3 is 9.64 Å². The van der Waals surface area contributed by atoms with Gasteiger partial charge in [0.1, 0.15) is 5.69 Å². The van der Waals surface area contributed by atoms with Gasteiger partial charge in [-0.2, -0.15) is 0 Å². The molecule has 2 aliphatic rings. The Morgan fingerprint density at radius 2 is 2.33 bits per heavy atom. The van der Waals surface area contributed by atoms with Crippen LogP contribution < -0.4 is 0 Å². The molecular formula is C17H22N4O2S. The zero-order chi connectivity index (χ0) is 16.5. The molecule has 2 aromatic rings. The van der Waals surface area contributed by atoms with E-state index in [9.17, 15) is 4.79 Å². The molecule has 7 heteroatoms. The Labute approximate surface area is 145 Å². The lowest BCUT2D eigenvalue weighted by molar-refractivity contribution is -0.132. The van der Waals surface area contributed by atoms with Crippen molar-refractivity contribution in [1.82, 2.24) is 19.9 Å². The largest absolute Gasteiger partial charge is 0.384 e. The van der Waals surface area contributed by atoms with Crippen molar-refractivity contribution in [2.24, 2.45) is 5.92 Å². The molecule has 24 heavy (non-hydrogen) atoms. The number of ether oxygens (including phenoxy) is 1. The molecular weight excluding hydrogens is 324 g/mol. The first-order valence-corrected chi connectivity index (χ1v) is 9.34. The molecule has 6 nitrogen and oxygen atoms in total. The van der Waals surface area contributed by atoms with E-state index in [1.165, 1.54) is 18.5 Å². The summed E-state index contributed by atoms with van der Waals surface area (Å²) in [4.78, 5) is 15.7. The number of aromatic nitrogens is 3. The van der Waals surface area contributed by atoms with Crippen molar-refractivity contribution in [3.8, 4) is 0 Å². The molecule has 0 radical (unpaired) electrons. The quantitative estimate of drug-likeness (QED) is 0.803. The van der Waals surface area contributed by atoms with E-state index in [4.69, 9.17) is 4.74 Å². The number of amides is 1.